The van der Waals surface area contributed by atoms with Crippen LogP contribution in [0.5, 0.6) is 0 Å². The lowest BCUT2D eigenvalue weighted by molar-refractivity contribution is -0.125. The quantitative estimate of drug-likeness (QED) is 0.756. The summed E-state index contributed by atoms with van der Waals surface area (Å²) in [7, 11) is 0. The summed E-state index contributed by atoms with van der Waals surface area (Å²) >= 11 is 5.53. The van der Waals surface area contributed by atoms with Gasteiger partial charge in [0.2, 0.25) is 5.91 Å². The van der Waals surface area contributed by atoms with Crippen molar-refractivity contribution in [3.63, 3.8) is 0 Å². The van der Waals surface area contributed by atoms with Crippen LogP contribution in [0.25, 0.3) is 0 Å². The molecule has 3 rings (SSSR count). The Morgan fingerprint density at radius 3 is 2.46 bits per heavy atom. The summed E-state index contributed by atoms with van der Waals surface area (Å²) in [6, 6.07) is 16.5. The van der Waals surface area contributed by atoms with Crippen LogP contribution in [-0.4, -0.2) is 35.1 Å². The molecule has 1 aliphatic rings. The first-order valence-corrected chi connectivity index (χ1v) is 9.97. The smallest absolute Gasteiger partial charge is 0.225 e. The largest absolute Gasteiger partial charge is 0.360 e. The van der Waals surface area contributed by atoms with Gasteiger partial charge in [0.25, 0.3) is 0 Å². The van der Waals surface area contributed by atoms with Gasteiger partial charge in [0, 0.05) is 31.6 Å². The normalized spacial score (nSPS) is 18.9. The van der Waals surface area contributed by atoms with Gasteiger partial charge in [-0.2, -0.15) is 0 Å². The van der Waals surface area contributed by atoms with Crippen molar-refractivity contribution in [3.05, 3.63) is 71.5 Å². The van der Waals surface area contributed by atoms with Gasteiger partial charge in [-0.15, -0.1) is 0 Å². The third kappa shape index (κ3) is 5.07. The Morgan fingerprint density at radius 2 is 1.82 bits per heavy atom. The lowest BCUT2D eigenvalue weighted by Gasteiger charge is -2.22. The predicted octanol–water partition coefficient (Wildman–Crippen LogP) is 3.44. The van der Waals surface area contributed by atoms with E-state index in [-0.39, 0.29) is 29.6 Å². The van der Waals surface area contributed by atoms with Crippen molar-refractivity contribution in [1.29, 1.82) is 0 Å². The van der Waals surface area contributed by atoms with Gasteiger partial charge in [-0.25, -0.2) is 4.39 Å². The van der Waals surface area contributed by atoms with E-state index < -0.39 is 0 Å². The second kappa shape index (κ2) is 9.15. The van der Waals surface area contributed by atoms with E-state index in [0.29, 0.717) is 24.7 Å². The highest BCUT2D eigenvalue weighted by Crippen LogP contribution is 2.33. The molecule has 2 unspecified atom stereocenters. The fourth-order valence-electron chi connectivity index (χ4n) is 3.53. The number of carbonyl (C=O) groups is 1. The third-order valence-corrected chi connectivity index (χ3v) is 5.34. The van der Waals surface area contributed by atoms with E-state index in [4.69, 9.17) is 12.2 Å². The van der Waals surface area contributed by atoms with Crippen LogP contribution in [0.3, 0.4) is 0 Å². The molecule has 2 aromatic carbocycles. The van der Waals surface area contributed by atoms with Crippen LogP contribution in [0.15, 0.2) is 54.6 Å². The molecule has 2 N–H and O–H groups in total. The van der Waals surface area contributed by atoms with Crippen molar-refractivity contribution in [2.75, 3.05) is 13.1 Å². The summed E-state index contributed by atoms with van der Waals surface area (Å²) < 4.78 is 13.1. The van der Waals surface area contributed by atoms with E-state index in [9.17, 15) is 9.18 Å². The number of hydrogen-bond acceptors (Lipinski definition) is 2. The molecule has 4 nitrogen and oxygen atoms in total. The summed E-state index contributed by atoms with van der Waals surface area (Å²) in [6.45, 7) is 5.75. The van der Waals surface area contributed by atoms with Crippen LogP contribution < -0.4 is 10.6 Å². The standard InChI is InChI=1S/C22H26FN3OS/c1-15(2)25-22(28)26-13-19(17-6-4-3-5-7-17)20(14-26)21(27)24-12-16-8-10-18(23)11-9-16/h3-11,15,19-20H,12-14H2,1-2H3,(H,24,27)(H,25,28). The minimum absolute atomic E-state index is 0.00646. The first-order chi connectivity index (χ1) is 13.4. The molecule has 0 bridgehead atoms. The molecule has 1 fully saturated rings. The van der Waals surface area contributed by atoms with Crippen molar-refractivity contribution in [2.45, 2.75) is 32.4 Å². The molecule has 0 aliphatic carbocycles. The number of nitrogens with one attached hydrogen (secondary N) is 2. The number of hydrogen-bond donors (Lipinski definition) is 2. The topological polar surface area (TPSA) is 44.4 Å². The Kier molecular flexibility index (Phi) is 6.62. The van der Waals surface area contributed by atoms with Crippen molar-refractivity contribution < 1.29 is 9.18 Å². The van der Waals surface area contributed by atoms with Crippen LogP contribution in [0, 0.1) is 11.7 Å². The molecule has 28 heavy (non-hydrogen) atoms. The molecule has 1 amide bonds. The molecular weight excluding hydrogens is 373 g/mol. The molecule has 2 aromatic rings. The third-order valence-electron chi connectivity index (χ3n) is 4.96. The minimum atomic E-state index is -0.281. The maximum Gasteiger partial charge on any atom is 0.225 e. The first kappa shape index (κ1) is 20.3. The zero-order valence-electron chi connectivity index (χ0n) is 16.2. The van der Waals surface area contributed by atoms with E-state index in [2.05, 4.69) is 27.7 Å². The maximum atomic E-state index is 13.1. The average Bonchev–Trinajstić information content (AvgIpc) is 3.13. The Balaban J connectivity index is 1.72. The second-order valence-corrected chi connectivity index (χ2v) is 7.86. The number of carbonyl (C=O) groups excluding carboxylic acids is 1. The SMILES string of the molecule is CC(C)NC(=S)N1CC(C(=O)NCc2ccc(F)cc2)C(c2ccccc2)C1. The Labute approximate surface area is 171 Å². The summed E-state index contributed by atoms with van der Waals surface area (Å²) in [5.74, 6) is -0.416. The molecule has 1 aliphatic heterocycles. The lowest BCUT2D eigenvalue weighted by atomic mass is 9.88. The number of thiocarbonyl (C=S) groups is 1. The van der Waals surface area contributed by atoms with Crippen molar-refractivity contribution in [3.8, 4) is 0 Å². The zero-order chi connectivity index (χ0) is 20.1. The van der Waals surface area contributed by atoms with Gasteiger partial charge >= 0.3 is 0 Å². The van der Waals surface area contributed by atoms with E-state index in [1.54, 1.807) is 12.1 Å². The molecule has 1 saturated heterocycles. The number of amides is 1. The molecule has 1 heterocycles. The molecule has 0 aromatic heterocycles. The van der Waals surface area contributed by atoms with E-state index in [0.717, 1.165) is 11.1 Å². The van der Waals surface area contributed by atoms with Crippen LogP contribution in [-0.2, 0) is 11.3 Å². The first-order valence-electron chi connectivity index (χ1n) is 9.56. The summed E-state index contributed by atoms with van der Waals surface area (Å²) in [5, 5.41) is 6.96. The van der Waals surface area contributed by atoms with Crippen molar-refractivity contribution >= 4 is 23.2 Å². The minimum Gasteiger partial charge on any atom is -0.360 e. The van der Waals surface area contributed by atoms with Gasteiger partial charge in [0.15, 0.2) is 5.11 Å². The highest BCUT2D eigenvalue weighted by Gasteiger charge is 2.39. The number of rotatable bonds is 5. The fraction of sp³-hybridized carbons (Fsp3) is 0.364. The number of halogens is 1. The van der Waals surface area contributed by atoms with E-state index >= 15 is 0 Å². The van der Waals surface area contributed by atoms with Gasteiger partial charge in [-0.1, -0.05) is 42.5 Å². The predicted molar refractivity (Wildman–Crippen MR) is 113 cm³/mol. The van der Waals surface area contributed by atoms with Crippen LogP contribution in [0.2, 0.25) is 0 Å². The summed E-state index contributed by atoms with van der Waals surface area (Å²) in [5.41, 5.74) is 2.01. The molecule has 6 heteroatoms. The Bertz CT molecular complexity index is 810. The number of likely N-dealkylation sites (tertiary alicyclic amines) is 1. The van der Waals surface area contributed by atoms with E-state index in [1.807, 2.05) is 32.0 Å². The monoisotopic (exact) mass is 399 g/mol. The van der Waals surface area contributed by atoms with E-state index in [1.165, 1.54) is 12.1 Å². The molecule has 0 spiro atoms. The lowest BCUT2D eigenvalue weighted by Crippen LogP contribution is -2.42. The molecule has 0 radical (unpaired) electrons. The van der Waals surface area contributed by atoms with Crippen LogP contribution >= 0.6 is 12.2 Å². The van der Waals surface area contributed by atoms with Crippen LogP contribution in [0.1, 0.15) is 30.9 Å². The highest BCUT2D eigenvalue weighted by atomic mass is 32.1. The van der Waals surface area contributed by atoms with Crippen LogP contribution in [0.4, 0.5) is 4.39 Å². The summed E-state index contributed by atoms with van der Waals surface area (Å²) in [4.78, 5) is 15.1. The molecular formula is C22H26FN3OS. The highest BCUT2D eigenvalue weighted by molar-refractivity contribution is 7.80. The van der Waals surface area contributed by atoms with Gasteiger partial charge in [0.1, 0.15) is 5.82 Å². The average molecular weight is 400 g/mol. The van der Waals surface area contributed by atoms with Gasteiger partial charge in [-0.3, -0.25) is 4.79 Å². The number of nitrogens with zero attached hydrogens (tertiary/aromatic N) is 1. The Morgan fingerprint density at radius 1 is 1.14 bits per heavy atom. The number of benzene rings is 2. The van der Waals surface area contributed by atoms with Crippen molar-refractivity contribution in [2.24, 2.45) is 5.92 Å². The maximum absolute atomic E-state index is 13.1. The zero-order valence-corrected chi connectivity index (χ0v) is 17.0. The molecule has 148 valence electrons. The van der Waals surface area contributed by atoms with Gasteiger partial charge < -0.3 is 15.5 Å². The molecule has 2 atom stereocenters. The summed E-state index contributed by atoms with van der Waals surface area (Å²) in [6.07, 6.45) is 0. The molecule has 0 saturated carbocycles. The van der Waals surface area contributed by atoms with Crippen molar-refractivity contribution in [1.82, 2.24) is 15.5 Å². The Hall–Kier alpha value is -2.47. The van der Waals surface area contributed by atoms with Gasteiger partial charge in [0.05, 0.1) is 5.92 Å². The fourth-order valence-corrected chi connectivity index (χ4v) is 3.92. The van der Waals surface area contributed by atoms with Gasteiger partial charge in [-0.05, 0) is 49.3 Å². The second-order valence-electron chi connectivity index (χ2n) is 7.48.